The van der Waals surface area contributed by atoms with E-state index in [-0.39, 0.29) is 12.0 Å². The number of carbonyl (C=O) groups excluding carboxylic acids is 1. The molecule has 0 bridgehead atoms. The summed E-state index contributed by atoms with van der Waals surface area (Å²) in [6, 6.07) is 3.72. The average molecular weight is 304 g/mol. The zero-order valence-corrected chi connectivity index (χ0v) is 13.1. The van der Waals surface area contributed by atoms with Crippen molar-refractivity contribution < 1.29 is 14.3 Å². The molecule has 3 rings (SSSR count). The summed E-state index contributed by atoms with van der Waals surface area (Å²) in [6.45, 7) is 3.90. The van der Waals surface area contributed by atoms with E-state index in [2.05, 4.69) is 4.98 Å². The van der Waals surface area contributed by atoms with Crippen molar-refractivity contribution in [2.75, 3.05) is 24.7 Å². The minimum absolute atomic E-state index is 0.00218. The summed E-state index contributed by atoms with van der Waals surface area (Å²) in [5.74, 6) is 0.658. The first-order valence-electron chi connectivity index (χ1n) is 8.18. The lowest BCUT2D eigenvalue weighted by molar-refractivity contribution is -0.129. The average Bonchev–Trinajstić information content (AvgIpc) is 3.24. The molecule has 0 spiro atoms. The van der Waals surface area contributed by atoms with E-state index < -0.39 is 6.10 Å². The minimum Gasteiger partial charge on any atom is -0.376 e. The molecule has 1 aliphatic carbocycles. The van der Waals surface area contributed by atoms with Gasteiger partial charge in [-0.2, -0.15) is 0 Å². The molecular weight excluding hydrogens is 280 g/mol. The van der Waals surface area contributed by atoms with Crippen molar-refractivity contribution in [3.8, 4) is 0 Å². The molecule has 2 fully saturated rings. The molecule has 0 aromatic carbocycles. The predicted octanol–water partition coefficient (Wildman–Crippen LogP) is 2.41. The van der Waals surface area contributed by atoms with Crippen LogP contribution in [0.2, 0.25) is 0 Å². The van der Waals surface area contributed by atoms with Crippen LogP contribution in [0.25, 0.3) is 0 Å². The molecule has 22 heavy (non-hydrogen) atoms. The Morgan fingerprint density at radius 2 is 2.18 bits per heavy atom. The van der Waals surface area contributed by atoms with Crippen LogP contribution in [0.3, 0.4) is 0 Å². The predicted molar refractivity (Wildman–Crippen MR) is 83.7 cm³/mol. The van der Waals surface area contributed by atoms with E-state index in [1.165, 1.54) is 12.8 Å². The number of ether oxygens (including phenoxy) is 2. The van der Waals surface area contributed by atoms with Crippen LogP contribution in [-0.4, -0.2) is 42.9 Å². The zero-order valence-electron chi connectivity index (χ0n) is 13.1. The van der Waals surface area contributed by atoms with E-state index >= 15 is 0 Å². The molecule has 0 N–H and O–H groups in total. The molecule has 1 aromatic rings. The third kappa shape index (κ3) is 4.05. The van der Waals surface area contributed by atoms with Crippen molar-refractivity contribution >= 4 is 11.6 Å². The first-order valence-corrected chi connectivity index (χ1v) is 8.18. The van der Waals surface area contributed by atoms with Gasteiger partial charge in [-0.05, 0) is 50.7 Å². The van der Waals surface area contributed by atoms with E-state index in [0.717, 1.165) is 25.1 Å². The van der Waals surface area contributed by atoms with Gasteiger partial charge in [-0.15, -0.1) is 0 Å². The van der Waals surface area contributed by atoms with Crippen molar-refractivity contribution in [1.29, 1.82) is 0 Å². The van der Waals surface area contributed by atoms with E-state index in [0.29, 0.717) is 19.1 Å². The van der Waals surface area contributed by atoms with Gasteiger partial charge in [0.15, 0.2) is 0 Å². The van der Waals surface area contributed by atoms with Crippen molar-refractivity contribution in [3.63, 3.8) is 0 Å². The van der Waals surface area contributed by atoms with Gasteiger partial charge in [0, 0.05) is 24.7 Å². The van der Waals surface area contributed by atoms with Crippen LogP contribution in [0.5, 0.6) is 0 Å². The van der Waals surface area contributed by atoms with Crippen molar-refractivity contribution in [2.24, 2.45) is 5.92 Å². The Labute approximate surface area is 131 Å². The van der Waals surface area contributed by atoms with E-state index in [9.17, 15) is 4.79 Å². The molecule has 120 valence electrons. The van der Waals surface area contributed by atoms with Gasteiger partial charge in [0.25, 0.3) is 5.91 Å². The topological polar surface area (TPSA) is 51.7 Å². The molecule has 5 heteroatoms. The van der Waals surface area contributed by atoms with Gasteiger partial charge >= 0.3 is 0 Å². The molecule has 5 nitrogen and oxygen atoms in total. The van der Waals surface area contributed by atoms with E-state index in [1.807, 2.05) is 19.1 Å². The number of carbonyl (C=O) groups is 1. The lowest BCUT2D eigenvalue weighted by atomic mass is 10.2. The molecular formula is C17H24N2O3. The number of anilines is 1. The van der Waals surface area contributed by atoms with Crippen LogP contribution in [0.15, 0.2) is 24.5 Å². The highest BCUT2D eigenvalue weighted by Gasteiger charge is 2.29. The summed E-state index contributed by atoms with van der Waals surface area (Å²) in [4.78, 5) is 18.6. The summed E-state index contributed by atoms with van der Waals surface area (Å²) in [5, 5.41) is 0. The molecule has 1 aromatic heterocycles. The number of hydrogen-bond donors (Lipinski definition) is 0. The van der Waals surface area contributed by atoms with Gasteiger partial charge in [0.05, 0.1) is 19.3 Å². The smallest absolute Gasteiger partial charge is 0.255 e. The number of aromatic nitrogens is 1. The van der Waals surface area contributed by atoms with Gasteiger partial charge < -0.3 is 14.4 Å². The molecule has 2 unspecified atom stereocenters. The Morgan fingerprint density at radius 3 is 2.82 bits per heavy atom. The Kier molecular flexibility index (Phi) is 5.05. The third-order valence-corrected chi connectivity index (χ3v) is 4.28. The number of amides is 1. The largest absolute Gasteiger partial charge is 0.376 e. The summed E-state index contributed by atoms with van der Waals surface area (Å²) in [7, 11) is 0. The van der Waals surface area contributed by atoms with Gasteiger partial charge in [0.2, 0.25) is 0 Å². The highest BCUT2D eigenvalue weighted by atomic mass is 16.5. The standard InChI is InChI=1S/C17H24N2O3/c1-13(22-12-14-4-5-14)17(20)19(11-16-3-2-10-21-16)15-6-8-18-9-7-15/h6-9,13-14,16H,2-5,10-12H2,1H3. The lowest BCUT2D eigenvalue weighted by Gasteiger charge is -2.28. The van der Waals surface area contributed by atoms with Gasteiger partial charge in [0.1, 0.15) is 6.10 Å². The van der Waals surface area contributed by atoms with Crippen LogP contribution < -0.4 is 4.90 Å². The highest BCUT2D eigenvalue weighted by molar-refractivity contribution is 5.96. The minimum atomic E-state index is -0.421. The van der Waals surface area contributed by atoms with Crippen molar-refractivity contribution in [3.05, 3.63) is 24.5 Å². The van der Waals surface area contributed by atoms with Crippen LogP contribution in [0, 0.1) is 5.92 Å². The third-order valence-electron chi connectivity index (χ3n) is 4.28. The van der Waals surface area contributed by atoms with Gasteiger partial charge in [-0.25, -0.2) is 0 Å². The fourth-order valence-corrected chi connectivity index (χ4v) is 2.69. The molecule has 0 radical (unpaired) electrons. The first-order chi connectivity index (χ1) is 10.7. The number of pyridine rings is 1. The van der Waals surface area contributed by atoms with Gasteiger partial charge in [-0.1, -0.05) is 0 Å². The molecule has 1 aliphatic heterocycles. The Balaban J connectivity index is 1.66. The number of hydrogen-bond acceptors (Lipinski definition) is 4. The summed E-state index contributed by atoms with van der Waals surface area (Å²) in [6.07, 6.45) is 7.64. The van der Waals surface area contributed by atoms with Crippen molar-refractivity contribution in [2.45, 2.75) is 44.8 Å². The maximum absolute atomic E-state index is 12.8. The van der Waals surface area contributed by atoms with Crippen LogP contribution in [-0.2, 0) is 14.3 Å². The maximum Gasteiger partial charge on any atom is 0.255 e. The second kappa shape index (κ2) is 7.20. The maximum atomic E-state index is 12.8. The van der Waals surface area contributed by atoms with Crippen molar-refractivity contribution in [1.82, 2.24) is 4.98 Å². The fourth-order valence-electron chi connectivity index (χ4n) is 2.69. The zero-order chi connectivity index (χ0) is 15.4. The first kappa shape index (κ1) is 15.4. The molecule has 2 aliphatic rings. The fraction of sp³-hybridized carbons (Fsp3) is 0.647. The quantitative estimate of drug-likeness (QED) is 0.776. The second-order valence-corrected chi connectivity index (χ2v) is 6.21. The van der Waals surface area contributed by atoms with Gasteiger partial charge in [-0.3, -0.25) is 9.78 Å². The molecule has 1 amide bonds. The lowest BCUT2D eigenvalue weighted by Crippen LogP contribution is -2.43. The summed E-state index contributed by atoms with van der Waals surface area (Å²) < 4.78 is 11.4. The molecule has 1 saturated heterocycles. The Bertz CT molecular complexity index is 484. The Morgan fingerprint density at radius 1 is 1.41 bits per heavy atom. The Hall–Kier alpha value is -1.46. The normalized spacial score (nSPS) is 22.5. The molecule has 1 saturated carbocycles. The number of nitrogens with zero attached hydrogens (tertiary/aromatic N) is 2. The summed E-state index contributed by atoms with van der Waals surface area (Å²) in [5.41, 5.74) is 0.859. The van der Waals surface area contributed by atoms with Crippen LogP contribution in [0.1, 0.15) is 32.6 Å². The monoisotopic (exact) mass is 304 g/mol. The van der Waals surface area contributed by atoms with E-state index in [4.69, 9.17) is 9.47 Å². The SMILES string of the molecule is CC(OCC1CC1)C(=O)N(CC1CCCO1)c1ccncc1. The molecule has 2 heterocycles. The van der Waals surface area contributed by atoms with Crippen LogP contribution >= 0.6 is 0 Å². The van der Waals surface area contributed by atoms with Crippen LogP contribution in [0.4, 0.5) is 5.69 Å². The molecule has 2 atom stereocenters. The second-order valence-electron chi connectivity index (χ2n) is 6.21. The highest BCUT2D eigenvalue weighted by Crippen LogP contribution is 2.29. The summed E-state index contributed by atoms with van der Waals surface area (Å²) >= 11 is 0. The van der Waals surface area contributed by atoms with E-state index in [1.54, 1.807) is 17.3 Å². The number of rotatable bonds is 7.